The van der Waals surface area contributed by atoms with Crippen molar-refractivity contribution in [2.75, 3.05) is 19.7 Å². The summed E-state index contributed by atoms with van der Waals surface area (Å²) >= 11 is 0. The predicted molar refractivity (Wildman–Crippen MR) is 102 cm³/mol. The number of piperidine rings is 1. The maximum absolute atomic E-state index is 13.9. The molecule has 1 N–H and O–H groups in total. The number of urea groups is 1. The van der Waals surface area contributed by atoms with E-state index < -0.39 is 58.3 Å². The molecule has 0 spiro atoms. The number of nitrogens with one attached hydrogen (secondary N) is 1. The summed E-state index contributed by atoms with van der Waals surface area (Å²) in [5.41, 5.74) is 1.44. The Bertz CT molecular complexity index is 865. The molecule has 13 nitrogen and oxygen atoms in total. The van der Waals surface area contributed by atoms with Crippen LogP contribution in [0.2, 0.25) is 0 Å². The van der Waals surface area contributed by atoms with Gasteiger partial charge < -0.3 is 14.2 Å². The molecule has 3 saturated heterocycles. The molecule has 3 heterocycles. The first-order valence-corrected chi connectivity index (χ1v) is 11.4. The Labute approximate surface area is 184 Å². The lowest BCUT2D eigenvalue weighted by Gasteiger charge is -2.30. The van der Waals surface area contributed by atoms with Gasteiger partial charge in [-0.25, -0.2) is 27.9 Å². The van der Waals surface area contributed by atoms with Crippen LogP contribution in [0.3, 0.4) is 0 Å². The van der Waals surface area contributed by atoms with Crippen molar-refractivity contribution < 1.29 is 45.6 Å². The van der Waals surface area contributed by atoms with Crippen LogP contribution in [0.15, 0.2) is 0 Å². The minimum absolute atomic E-state index is 0.00498. The van der Waals surface area contributed by atoms with E-state index in [9.17, 15) is 31.7 Å². The number of hydrogen-bond donors (Lipinski definition) is 1. The number of alkyl halides is 1. The first kappa shape index (κ1) is 24.4. The average molecular weight is 481 g/mol. The molecule has 2 bridgehead atoms. The van der Waals surface area contributed by atoms with Gasteiger partial charge in [0.15, 0.2) is 0 Å². The molecule has 4 atom stereocenters. The molecule has 15 heteroatoms. The van der Waals surface area contributed by atoms with Crippen molar-refractivity contribution in [2.45, 2.75) is 69.9 Å². The number of halogens is 1. The van der Waals surface area contributed by atoms with Gasteiger partial charge in [0.05, 0.1) is 25.2 Å². The normalized spacial score (nSPS) is 28.3. The van der Waals surface area contributed by atoms with E-state index in [1.54, 1.807) is 20.8 Å². The average Bonchev–Trinajstić information content (AvgIpc) is 3.13. The van der Waals surface area contributed by atoms with Gasteiger partial charge in [-0.1, -0.05) is 0 Å². The highest BCUT2D eigenvalue weighted by atomic mass is 32.3. The molecule has 3 rings (SSSR count). The van der Waals surface area contributed by atoms with Crippen molar-refractivity contribution in [1.29, 1.82) is 0 Å². The van der Waals surface area contributed by atoms with Crippen molar-refractivity contribution >= 4 is 28.4 Å². The summed E-state index contributed by atoms with van der Waals surface area (Å²) in [5.74, 6) is -0.678. The Balaban J connectivity index is 1.53. The largest absolute Gasteiger partial charge is 0.724 e. The third kappa shape index (κ3) is 5.76. The van der Waals surface area contributed by atoms with Gasteiger partial charge in [-0.2, -0.15) is 9.35 Å². The van der Waals surface area contributed by atoms with E-state index >= 15 is 0 Å². The quantitative estimate of drug-likeness (QED) is 0.314. The predicted octanol–water partition coefficient (Wildman–Crippen LogP) is 0.0421. The lowest BCUT2D eigenvalue weighted by Crippen LogP contribution is -2.50. The van der Waals surface area contributed by atoms with Crippen molar-refractivity contribution in [1.82, 2.24) is 20.3 Å². The first-order valence-electron chi connectivity index (χ1n) is 10.1. The number of nitrogens with zero attached hydrogens (tertiary/aromatic N) is 3. The molecule has 0 aromatic carbocycles. The third-order valence-corrected chi connectivity index (χ3v) is 5.58. The van der Waals surface area contributed by atoms with Crippen LogP contribution in [0.1, 0.15) is 40.0 Å². The number of hydroxylamine groups is 3. The summed E-state index contributed by atoms with van der Waals surface area (Å²) in [5, 5.41) is 0.467. The standard InChI is InChI=1S/C17H27FN4O9S/c1-17(2,3)30-16(25)20-7-10(18)6-12(20)9-29-19-14(23)13-5-4-11-8-21(13)15(24)22(11)31-32(26,27)28/h10-13H,4-9H2,1-3H3,(H,19,23)(H,26,27,28)/p-1/t10-,11+,12-,13-/m0/s1. The number of carbonyl (C=O) groups excluding carboxylic acids is 3. The fraction of sp³-hybridized carbons (Fsp3) is 0.824. The van der Waals surface area contributed by atoms with Gasteiger partial charge in [0.1, 0.15) is 17.8 Å². The van der Waals surface area contributed by atoms with Crippen LogP contribution in [0.5, 0.6) is 0 Å². The van der Waals surface area contributed by atoms with E-state index in [0.717, 1.165) is 4.90 Å². The Kier molecular flexibility index (Phi) is 6.83. The number of amides is 4. The highest BCUT2D eigenvalue weighted by molar-refractivity contribution is 7.80. The molecule has 0 aromatic rings. The Hall–Kier alpha value is -2.23. The zero-order valence-corrected chi connectivity index (χ0v) is 18.7. The van der Waals surface area contributed by atoms with E-state index in [-0.39, 0.29) is 39.0 Å². The summed E-state index contributed by atoms with van der Waals surface area (Å²) in [6.45, 7) is 4.72. The van der Waals surface area contributed by atoms with Crippen LogP contribution in [-0.4, -0.2) is 95.5 Å². The molecule has 0 aliphatic carbocycles. The summed E-state index contributed by atoms with van der Waals surface area (Å²) in [4.78, 5) is 44.6. The number of carbonyl (C=O) groups is 3. The van der Waals surface area contributed by atoms with Crippen molar-refractivity contribution in [3.8, 4) is 0 Å². The SMILES string of the molecule is CC(C)(C)OC(=O)N1C[C@@H](F)C[C@H]1CONC(=O)[C@@H]1CC[C@@H]2CN1C(=O)N2OS(=O)(=O)[O-]. The van der Waals surface area contributed by atoms with E-state index in [1.165, 1.54) is 4.90 Å². The molecule has 32 heavy (non-hydrogen) atoms. The van der Waals surface area contributed by atoms with Crippen LogP contribution in [0.25, 0.3) is 0 Å². The van der Waals surface area contributed by atoms with Gasteiger partial charge in [-0.15, -0.1) is 0 Å². The number of rotatable bonds is 6. The van der Waals surface area contributed by atoms with Crippen molar-refractivity contribution in [3.05, 3.63) is 0 Å². The van der Waals surface area contributed by atoms with E-state index in [4.69, 9.17) is 9.57 Å². The molecular formula is C17H26FN4O9S-. The molecule has 182 valence electrons. The van der Waals surface area contributed by atoms with E-state index in [1.807, 2.05) is 0 Å². The minimum atomic E-state index is -5.14. The molecule has 3 aliphatic heterocycles. The third-order valence-electron chi connectivity index (χ3n) is 5.24. The highest BCUT2D eigenvalue weighted by Gasteiger charge is 2.49. The first-order chi connectivity index (χ1) is 14.7. The molecule has 0 aromatic heterocycles. The number of ether oxygens (including phenoxy) is 1. The molecule has 3 aliphatic rings. The molecular weight excluding hydrogens is 455 g/mol. The zero-order chi connectivity index (χ0) is 23.8. The van der Waals surface area contributed by atoms with Gasteiger partial charge >= 0.3 is 12.1 Å². The molecule has 0 saturated carbocycles. The van der Waals surface area contributed by atoms with Crippen molar-refractivity contribution in [3.63, 3.8) is 0 Å². The van der Waals surface area contributed by atoms with Crippen LogP contribution in [-0.2, 0) is 29.1 Å². The lowest BCUT2D eigenvalue weighted by atomic mass is 10.0. The van der Waals surface area contributed by atoms with Crippen LogP contribution >= 0.6 is 0 Å². The van der Waals surface area contributed by atoms with Gasteiger partial charge in [0.2, 0.25) is 10.4 Å². The fourth-order valence-electron chi connectivity index (χ4n) is 3.94. The fourth-order valence-corrected chi connectivity index (χ4v) is 4.32. The van der Waals surface area contributed by atoms with Crippen LogP contribution < -0.4 is 5.48 Å². The minimum Gasteiger partial charge on any atom is -0.724 e. The number of hydrogen-bond acceptors (Lipinski definition) is 9. The maximum atomic E-state index is 13.9. The Morgan fingerprint density at radius 1 is 1.25 bits per heavy atom. The second-order valence-corrected chi connectivity index (χ2v) is 9.85. The number of likely N-dealkylation sites (tertiary alicyclic amines) is 1. The topological polar surface area (TPSA) is 158 Å². The smallest absolute Gasteiger partial charge is 0.410 e. The van der Waals surface area contributed by atoms with Gasteiger partial charge in [0.25, 0.3) is 5.91 Å². The summed E-state index contributed by atoms with van der Waals surface area (Å²) in [7, 11) is -5.14. The molecule has 0 radical (unpaired) electrons. The monoisotopic (exact) mass is 481 g/mol. The number of fused-ring (bicyclic) bond motifs is 2. The molecule has 4 amide bonds. The van der Waals surface area contributed by atoms with E-state index in [0.29, 0.717) is 5.06 Å². The second kappa shape index (κ2) is 8.96. The molecule has 3 fully saturated rings. The summed E-state index contributed by atoms with van der Waals surface area (Å²) in [6.07, 6.45) is -1.51. The van der Waals surface area contributed by atoms with Crippen LogP contribution in [0, 0.1) is 0 Å². The Morgan fingerprint density at radius 2 is 1.94 bits per heavy atom. The maximum Gasteiger partial charge on any atom is 0.410 e. The van der Waals surface area contributed by atoms with Crippen LogP contribution in [0.4, 0.5) is 14.0 Å². The summed E-state index contributed by atoms with van der Waals surface area (Å²) in [6, 6.07) is -3.21. The van der Waals surface area contributed by atoms with Gasteiger partial charge in [-0.05, 0) is 33.6 Å². The highest BCUT2D eigenvalue weighted by Crippen LogP contribution is 2.31. The zero-order valence-electron chi connectivity index (χ0n) is 17.9. The van der Waals surface area contributed by atoms with E-state index in [2.05, 4.69) is 9.76 Å². The van der Waals surface area contributed by atoms with Gasteiger partial charge in [0, 0.05) is 13.0 Å². The lowest BCUT2D eigenvalue weighted by molar-refractivity contribution is -0.140. The van der Waals surface area contributed by atoms with Crippen molar-refractivity contribution in [2.24, 2.45) is 0 Å². The second-order valence-electron chi connectivity index (χ2n) is 8.89. The Morgan fingerprint density at radius 3 is 2.56 bits per heavy atom. The van der Waals surface area contributed by atoms with Gasteiger partial charge in [-0.3, -0.25) is 14.5 Å². The summed E-state index contributed by atoms with van der Waals surface area (Å²) < 4.78 is 55.8. The molecule has 0 unspecified atom stereocenters.